The van der Waals surface area contributed by atoms with Crippen molar-refractivity contribution in [2.75, 3.05) is 11.0 Å². The number of fused-ring (bicyclic) bond motifs is 2. The molecule has 1 aliphatic heterocycles. The third-order valence-electron chi connectivity index (χ3n) is 3.10. The van der Waals surface area contributed by atoms with E-state index in [4.69, 9.17) is 27.7 Å². The van der Waals surface area contributed by atoms with Gasteiger partial charge in [-0.05, 0) is 36.8 Å². The molecule has 0 aliphatic carbocycles. The summed E-state index contributed by atoms with van der Waals surface area (Å²) in [6.45, 7) is 2.34. The Hall–Kier alpha value is -2.20. The van der Waals surface area contributed by atoms with E-state index in [9.17, 15) is 0 Å². The SMILES string of the molecule is CC1Cc2cccc(c2)O1.N=C(N)CN(Cl)c1ccccc1. The fourth-order valence-electron chi connectivity index (χ4n) is 2.18. The second kappa shape index (κ2) is 7.71. The minimum Gasteiger partial charge on any atom is -0.490 e. The van der Waals surface area contributed by atoms with Crippen molar-refractivity contribution in [3.63, 3.8) is 0 Å². The van der Waals surface area contributed by atoms with Crippen LogP contribution in [0.25, 0.3) is 0 Å². The van der Waals surface area contributed by atoms with Gasteiger partial charge in [0.15, 0.2) is 0 Å². The topological polar surface area (TPSA) is 62.3 Å². The predicted molar refractivity (Wildman–Crippen MR) is 91.8 cm³/mol. The lowest BCUT2D eigenvalue weighted by Gasteiger charge is -2.20. The van der Waals surface area contributed by atoms with E-state index in [-0.39, 0.29) is 12.4 Å². The van der Waals surface area contributed by atoms with Crippen LogP contribution in [0.3, 0.4) is 0 Å². The summed E-state index contributed by atoms with van der Waals surface area (Å²) in [6.07, 6.45) is 1.41. The van der Waals surface area contributed by atoms with Gasteiger partial charge in [-0.15, -0.1) is 0 Å². The van der Waals surface area contributed by atoms with Gasteiger partial charge in [0.25, 0.3) is 0 Å². The molecule has 4 nitrogen and oxygen atoms in total. The molecule has 2 aromatic rings. The minimum absolute atomic E-state index is 0.0499. The van der Waals surface area contributed by atoms with Crippen molar-refractivity contribution in [2.24, 2.45) is 5.73 Å². The van der Waals surface area contributed by atoms with E-state index in [1.165, 1.54) is 9.98 Å². The molecular weight excluding hydrogens is 298 g/mol. The highest BCUT2D eigenvalue weighted by atomic mass is 35.5. The maximum Gasteiger partial charge on any atom is 0.119 e. The Balaban J connectivity index is 0.000000162. The highest BCUT2D eigenvalue weighted by Gasteiger charge is 2.11. The van der Waals surface area contributed by atoms with Gasteiger partial charge in [-0.25, -0.2) is 0 Å². The molecule has 1 heterocycles. The molecule has 0 saturated carbocycles. The van der Waals surface area contributed by atoms with Gasteiger partial charge in [0.1, 0.15) is 11.6 Å². The van der Waals surface area contributed by atoms with Crippen molar-refractivity contribution in [1.29, 1.82) is 5.41 Å². The van der Waals surface area contributed by atoms with Crippen LogP contribution >= 0.6 is 11.8 Å². The number of hydrogen-bond donors (Lipinski definition) is 2. The second-order valence-corrected chi connectivity index (χ2v) is 5.57. The minimum atomic E-state index is 0.0499. The summed E-state index contributed by atoms with van der Waals surface area (Å²) in [4.78, 5) is 0. The first-order valence-corrected chi connectivity index (χ1v) is 7.45. The molecule has 1 aliphatic rings. The van der Waals surface area contributed by atoms with Gasteiger partial charge < -0.3 is 10.5 Å². The normalized spacial score (nSPS) is 15.1. The molecule has 3 rings (SSSR count). The third kappa shape index (κ3) is 4.97. The quantitative estimate of drug-likeness (QED) is 0.516. The zero-order chi connectivity index (χ0) is 15.9. The first kappa shape index (κ1) is 16.2. The number of halogens is 1. The average Bonchev–Trinajstić information content (AvgIpc) is 2.47. The molecular formula is C17H20ClN3O. The lowest BCUT2D eigenvalue weighted by Crippen LogP contribution is -2.26. The van der Waals surface area contributed by atoms with Crippen LogP contribution in [0.2, 0.25) is 0 Å². The van der Waals surface area contributed by atoms with Gasteiger partial charge >= 0.3 is 0 Å². The molecule has 2 aromatic carbocycles. The monoisotopic (exact) mass is 317 g/mol. The van der Waals surface area contributed by atoms with Crippen LogP contribution in [0.4, 0.5) is 5.69 Å². The van der Waals surface area contributed by atoms with Crippen molar-refractivity contribution in [2.45, 2.75) is 19.4 Å². The van der Waals surface area contributed by atoms with Crippen LogP contribution in [0.1, 0.15) is 12.5 Å². The zero-order valence-electron chi connectivity index (χ0n) is 12.5. The van der Waals surface area contributed by atoms with E-state index >= 15 is 0 Å². The lowest BCUT2D eigenvalue weighted by atomic mass is 10.1. The highest BCUT2D eigenvalue weighted by Crippen LogP contribution is 2.21. The number of nitrogens with zero attached hydrogens (tertiary/aromatic N) is 1. The molecule has 3 N–H and O–H groups in total. The number of nitrogens with one attached hydrogen (secondary N) is 1. The first-order chi connectivity index (χ1) is 10.5. The van der Waals surface area contributed by atoms with E-state index in [0.717, 1.165) is 17.9 Å². The van der Waals surface area contributed by atoms with Gasteiger partial charge in [-0.1, -0.05) is 30.3 Å². The summed E-state index contributed by atoms with van der Waals surface area (Å²) in [6, 6.07) is 17.7. The molecule has 0 amide bonds. The summed E-state index contributed by atoms with van der Waals surface area (Å²) in [7, 11) is 0. The molecule has 22 heavy (non-hydrogen) atoms. The summed E-state index contributed by atoms with van der Waals surface area (Å²) >= 11 is 5.81. The molecule has 0 fully saturated rings. The van der Waals surface area contributed by atoms with E-state index < -0.39 is 0 Å². The Labute approximate surface area is 136 Å². The number of benzene rings is 2. The highest BCUT2D eigenvalue weighted by molar-refractivity contribution is 6.27. The number of rotatable bonds is 3. The second-order valence-electron chi connectivity index (χ2n) is 5.16. The first-order valence-electron chi connectivity index (χ1n) is 7.11. The summed E-state index contributed by atoms with van der Waals surface area (Å²) in [5.41, 5.74) is 7.42. The molecule has 1 atom stereocenters. The fraction of sp³-hybridized carbons (Fsp3) is 0.235. The van der Waals surface area contributed by atoms with E-state index in [1.807, 2.05) is 42.5 Å². The molecule has 5 heteroatoms. The number of amidine groups is 1. The van der Waals surface area contributed by atoms with Crippen LogP contribution < -0.4 is 14.9 Å². The molecule has 1 unspecified atom stereocenters. The van der Waals surface area contributed by atoms with Crippen LogP contribution in [-0.2, 0) is 6.42 Å². The standard InChI is InChI=1S/C9H10O.C8H10ClN3/c1-7-5-8-3-2-4-9(6-8)10-7;9-12(6-8(10)11)7-4-2-1-3-5-7/h2-4,6-7H,5H2,1H3;1-5H,6H2,(H3,10,11). The number of nitrogens with two attached hydrogens (primary N) is 1. The number of anilines is 1. The number of ether oxygens (including phenoxy) is 1. The molecule has 0 aromatic heterocycles. The molecule has 116 valence electrons. The Morgan fingerprint density at radius 2 is 2.00 bits per heavy atom. The Morgan fingerprint density at radius 1 is 1.27 bits per heavy atom. The van der Waals surface area contributed by atoms with E-state index in [0.29, 0.717) is 6.10 Å². The lowest BCUT2D eigenvalue weighted by molar-refractivity contribution is 0.212. The Kier molecular flexibility index (Phi) is 5.67. The van der Waals surface area contributed by atoms with Gasteiger partial charge in [0.05, 0.1) is 18.3 Å². The molecule has 2 bridgehead atoms. The summed E-state index contributed by atoms with van der Waals surface area (Å²) in [5.74, 6) is 1.06. The number of para-hydroxylation sites is 1. The number of hydrogen-bond acceptors (Lipinski definition) is 3. The summed E-state index contributed by atoms with van der Waals surface area (Å²) in [5, 5.41) is 7.03. The van der Waals surface area contributed by atoms with Crippen LogP contribution in [0, 0.1) is 5.41 Å². The van der Waals surface area contributed by atoms with Crippen molar-refractivity contribution < 1.29 is 4.74 Å². The largest absolute Gasteiger partial charge is 0.490 e. The Bertz CT molecular complexity index is 597. The van der Waals surface area contributed by atoms with Crippen LogP contribution in [-0.4, -0.2) is 18.5 Å². The average molecular weight is 318 g/mol. The smallest absolute Gasteiger partial charge is 0.119 e. The zero-order valence-corrected chi connectivity index (χ0v) is 13.3. The molecule has 0 spiro atoms. The van der Waals surface area contributed by atoms with Crippen LogP contribution in [0.15, 0.2) is 54.6 Å². The van der Waals surface area contributed by atoms with Crippen molar-refractivity contribution in [3.05, 3.63) is 60.2 Å². The Morgan fingerprint density at radius 3 is 2.64 bits per heavy atom. The van der Waals surface area contributed by atoms with E-state index in [1.54, 1.807) is 0 Å². The van der Waals surface area contributed by atoms with Crippen molar-refractivity contribution in [3.8, 4) is 5.75 Å². The van der Waals surface area contributed by atoms with Gasteiger partial charge in [-0.2, -0.15) is 0 Å². The van der Waals surface area contributed by atoms with Gasteiger partial charge in [-0.3, -0.25) is 9.83 Å². The van der Waals surface area contributed by atoms with Gasteiger partial charge in [0.2, 0.25) is 0 Å². The van der Waals surface area contributed by atoms with Crippen LogP contribution in [0.5, 0.6) is 5.75 Å². The van der Waals surface area contributed by atoms with E-state index in [2.05, 4.69) is 19.1 Å². The van der Waals surface area contributed by atoms with Crippen molar-refractivity contribution >= 4 is 23.3 Å². The maximum atomic E-state index is 7.03. The maximum absolute atomic E-state index is 7.03. The predicted octanol–water partition coefficient (Wildman–Crippen LogP) is 3.59. The third-order valence-corrected chi connectivity index (χ3v) is 3.42. The molecule has 0 saturated heterocycles. The fourth-order valence-corrected chi connectivity index (χ4v) is 2.42. The van der Waals surface area contributed by atoms with Crippen molar-refractivity contribution in [1.82, 2.24) is 0 Å². The summed E-state index contributed by atoms with van der Waals surface area (Å²) < 4.78 is 6.90. The van der Waals surface area contributed by atoms with Gasteiger partial charge in [0, 0.05) is 18.2 Å². The molecule has 0 radical (unpaired) electrons.